The number of pyridine rings is 1. The van der Waals surface area contributed by atoms with Crippen molar-refractivity contribution in [3.63, 3.8) is 0 Å². The summed E-state index contributed by atoms with van der Waals surface area (Å²) < 4.78 is 35.5. The Kier molecular flexibility index (Phi) is 5.68. The van der Waals surface area contributed by atoms with Gasteiger partial charge in [-0.25, -0.2) is 12.8 Å². The van der Waals surface area contributed by atoms with Crippen LogP contribution >= 0.6 is 0 Å². The molecule has 0 aliphatic carbocycles. The molecule has 18 heavy (non-hydrogen) atoms. The van der Waals surface area contributed by atoms with E-state index in [4.69, 9.17) is 0 Å². The fourth-order valence-electron chi connectivity index (χ4n) is 1.69. The van der Waals surface area contributed by atoms with Gasteiger partial charge in [0.2, 0.25) is 0 Å². The SMILES string of the molecule is CCS(=O)(=O)CCCC(NC)c1ccc(F)cn1. The van der Waals surface area contributed by atoms with Gasteiger partial charge < -0.3 is 5.32 Å². The van der Waals surface area contributed by atoms with E-state index in [0.717, 1.165) is 5.69 Å². The van der Waals surface area contributed by atoms with E-state index < -0.39 is 9.84 Å². The van der Waals surface area contributed by atoms with Gasteiger partial charge in [0.1, 0.15) is 15.7 Å². The molecule has 0 radical (unpaired) electrons. The van der Waals surface area contributed by atoms with E-state index in [2.05, 4.69) is 10.3 Å². The van der Waals surface area contributed by atoms with Crippen molar-refractivity contribution in [2.45, 2.75) is 25.8 Å². The molecule has 0 bridgehead atoms. The molecule has 102 valence electrons. The third-order valence-corrected chi connectivity index (χ3v) is 4.63. The van der Waals surface area contributed by atoms with Crippen LogP contribution in [0.5, 0.6) is 0 Å². The van der Waals surface area contributed by atoms with Crippen molar-refractivity contribution in [1.82, 2.24) is 10.3 Å². The third kappa shape index (κ3) is 4.70. The average Bonchev–Trinajstić information content (AvgIpc) is 2.36. The molecule has 0 aromatic carbocycles. The fraction of sp³-hybridized carbons (Fsp3) is 0.583. The van der Waals surface area contributed by atoms with E-state index in [1.165, 1.54) is 12.3 Å². The summed E-state index contributed by atoms with van der Waals surface area (Å²) in [6, 6.07) is 2.93. The lowest BCUT2D eigenvalue weighted by Gasteiger charge is -2.15. The highest BCUT2D eigenvalue weighted by atomic mass is 32.2. The Morgan fingerprint density at radius 2 is 2.17 bits per heavy atom. The molecule has 1 aromatic rings. The molecule has 1 rings (SSSR count). The normalized spacial score (nSPS) is 13.5. The Hall–Kier alpha value is -1.01. The number of rotatable bonds is 7. The van der Waals surface area contributed by atoms with Gasteiger partial charge in [-0.2, -0.15) is 0 Å². The molecular formula is C12H19FN2O2S. The van der Waals surface area contributed by atoms with Crippen molar-refractivity contribution in [2.75, 3.05) is 18.6 Å². The fourth-order valence-corrected chi connectivity index (χ4v) is 2.58. The van der Waals surface area contributed by atoms with E-state index in [1.807, 2.05) is 0 Å². The van der Waals surface area contributed by atoms with Crippen LogP contribution in [0.25, 0.3) is 0 Å². The molecule has 1 unspecified atom stereocenters. The van der Waals surface area contributed by atoms with Gasteiger partial charge in [-0.05, 0) is 32.0 Å². The van der Waals surface area contributed by atoms with E-state index >= 15 is 0 Å². The van der Waals surface area contributed by atoms with Crippen molar-refractivity contribution in [1.29, 1.82) is 0 Å². The summed E-state index contributed by atoms with van der Waals surface area (Å²) in [6.45, 7) is 1.65. The molecule has 6 heteroatoms. The number of halogens is 1. The first kappa shape index (κ1) is 15.0. The number of nitrogens with one attached hydrogen (secondary N) is 1. The zero-order chi connectivity index (χ0) is 13.6. The van der Waals surface area contributed by atoms with Crippen molar-refractivity contribution in [3.8, 4) is 0 Å². The largest absolute Gasteiger partial charge is 0.312 e. The lowest BCUT2D eigenvalue weighted by Crippen LogP contribution is -2.19. The summed E-state index contributed by atoms with van der Waals surface area (Å²) in [7, 11) is -1.14. The Morgan fingerprint density at radius 1 is 1.44 bits per heavy atom. The van der Waals surface area contributed by atoms with E-state index in [0.29, 0.717) is 12.8 Å². The third-order valence-electron chi connectivity index (χ3n) is 2.84. The number of hydrogen-bond donors (Lipinski definition) is 1. The first-order valence-corrected chi connectivity index (χ1v) is 7.79. The minimum Gasteiger partial charge on any atom is -0.312 e. The van der Waals surface area contributed by atoms with Gasteiger partial charge in [-0.15, -0.1) is 0 Å². The zero-order valence-electron chi connectivity index (χ0n) is 10.7. The van der Waals surface area contributed by atoms with Gasteiger partial charge in [-0.3, -0.25) is 4.98 Å². The van der Waals surface area contributed by atoms with Crippen LogP contribution in [0, 0.1) is 5.82 Å². The Bertz CT molecular complexity index is 459. The summed E-state index contributed by atoms with van der Waals surface area (Å²) in [5, 5.41) is 3.06. The van der Waals surface area contributed by atoms with Crippen LogP contribution in [0.3, 0.4) is 0 Å². The van der Waals surface area contributed by atoms with Crippen molar-refractivity contribution in [2.24, 2.45) is 0 Å². The number of hydrogen-bond acceptors (Lipinski definition) is 4. The minimum atomic E-state index is -2.92. The first-order chi connectivity index (χ1) is 8.48. The van der Waals surface area contributed by atoms with Crippen LogP contribution in [0.4, 0.5) is 4.39 Å². The smallest absolute Gasteiger partial charge is 0.150 e. The van der Waals surface area contributed by atoms with Crippen molar-refractivity contribution in [3.05, 3.63) is 29.8 Å². The second-order valence-corrected chi connectivity index (χ2v) is 6.59. The lowest BCUT2D eigenvalue weighted by atomic mass is 10.1. The van der Waals surface area contributed by atoms with Crippen LogP contribution in [0.15, 0.2) is 18.3 Å². The minimum absolute atomic E-state index is 0.0438. The van der Waals surface area contributed by atoms with Gasteiger partial charge in [0.05, 0.1) is 17.6 Å². The molecule has 1 heterocycles. The zero-order valence-corrected chi connectivity index (χ0v) is 11.5. The topological polar surface area (TPSA) is 59.1 Å². The summed E-state index contributed by atoms with van der Waals surface area (Å²) >= 11 is 0. The molecule has 0 spiro atoms. The summed E-state index contributed by atoms with van der Waals surface area (Å²) in [4.78, 5) is 4.00. The van der Waals surface area contributed by atoms with Gasteiger partial charge in [0.25, 0.3) is 0 Å². The molecule has 0 aliphatic heterocycles. The molecular weight excluding hydrogens is 255 g/mol. The second kappa shape index (κ2) is 6.80. The standard InChI is InChI=1S/C12H19FN2O2S/c1-3-18(16,17)8-4-5-11(14-2)12-7-6-10(13)9-15-12/h6-7,9,11,14H,3-5,8H2,1-2H3. The number of sulfone groups is 1. The molecule has 0 aliphatic rings. The predicted molar refractivity (Wildman–Crippen MR) is 69.6 cm³/mol. The van der Waals surface area contributed by atoms with E-state index in [-0.39, 0.29) is 23.4 Å². The number of aromatic nitrogens is 1. The summed E-state index contributed by atoms with van der Waals surface area (Å²) in [5.74, 6) is -0.0170. The van der Waals surface area contributed by atoms with Crippen LogP contribution < -0.4 is 5.32 Å². The van der Waals surface area contributed by atoms with Gasteiger partial charge >= 0.3 is 0 Å². The monoisotopic (exact) mass is 274 g/mol. The molecule has 4 nitrogen and oxygen atoms in total. The highest BCUT2D eigenvalue weighted by Crippen LogP contribution is 2.16. The molecule has 1 aromatic heterocycles. The maximum absolute atomic E-state index is 12.7. The van der Waals surface area contributed by atoms with Crippen LogP contribution in [0.1, 0.15) is 31.5 Å². The maximum atomic E-state index is 12.7. The highest BCUT2D eigenvalue weighted by Gasteiger charge is 2.13. The molecule has 0 saturated carbocycles. The molecule has 0 fully saturated rings. The Morgan fingerprint density at radius 3 is 2.67 bits per heavy atom. The first-order valence-electron chi connectivity index (χ1n) is 5.97. The van der Waals surface area contributed by atoms with Gasteiger partial charge in [-0.1, -0.05) is 6.92 Å². The average molecular weight is 274 g/mol. The van der Waals surface area contributed by atoms with Crippen LogP contribution in [-0.4, -0.2) is 32.0 Å². The quantitative estimate of drug-likeness (QED) is 0.822. The Labute approximate surface area is 108 Å². The number of nitrogens with zero attached hydrogens (tertiary/aromatic N) is 1. The van der Waals surface area contributed by atoms with Crippen LogP contribution in [0.2, 0.25) is 0 Å². The van der Waals surface area contributed by atoms with Crippen molar-refractivity contribution < 1.29 is 12.8 Å². The van der Waals surface area contributed by atoms with Gasteiger partial charge in [0.15, 0.2) is 0 Å². The maximum Gasteiger partial charge on any atom is 0.150 e. The molecule has 1 N–H and O–H groups in total. The van der Waals surface area contributed by atoms with Crippen molar-refractivity contribution >= 4 is 9.84 Å². The summed E-state index contributed by atoms with van der Waals surface area (Å²) in [5.41, 5.74) is 0.729. The Balaban J connectivity index is 2.55. The predicted octanol–water partition coefficient (Wildman–Crippen LogP) is 1.70. The second-order valence-electron chi connectivity index (χ2n) is 4.12. The van der Waals surface area contributed by atoms with Gasteiger partial charge in [0, 0.05) is 11.8 Å². The lowest BCUT2D eigenvalue weighted by molar-refractivity contribution is 0.520. The highest BCUT2D eigenvalue weighted by molar-refractivity contribution is 7.91. The van der Waals surface area contributed by atoms with E-state index in [1.54, 1.807) is 20.0 Å². The molecule has 0 amide bonds. The van der Waals surface area contributed by atoms with Crippen LogP contribution in [-0.2, 0) is 9.84 Å². The summed E-state index contributed by atoms with van der Waals surface area (Å²) in [6.07, 6.45) is 2.40. The molecule has 1 atom stereocenters. The molecule has 0 saturated heterocycles. The van der Waals surface area contributed by atoms with E-state index in [9.17, 15) is 12.8 Å².